The maximum absolute atomic E-state index is 11.8. The van der Waals surface area contributed by atoms with Crippen molar-refractivity contribution in [3.63, 3.8) is 0 Å². The predicted octanol–water partition coefficient (Wildman–Crippen LogP) is 1.24. The number of hydrogen-bond acceptors (Lipinski definition) is 3. The average molecular weight is 300 g/mol. The summed E-state index contributed by atoms with van der Waals surface area (Å²) in [5.41, 5.74) is 0. The summed E-state index contributed by atoms with van der Waals surface area (Å²) in [4.78, 5) is 16.0. The summed E-state index contributed by atoms with van der Waals surface area (Å²) in [5, 5.41) is 3.02. The molecule has 1 saturated heterocycles. The summed E-state index contributed by atoms with van der Waals surface area (Å²) in [6.45, 7) is 3.83. The van der Waals surface area contributed by atoms with Crippen molar-refractivity contribution >= 4 is 30.7 Å². The molecule has 1 aliphatic heterocycles. The molecule has 4 nitrogen and oxygen atoms in total. The Balaban J connectivity index is 0. The van der Waals surface area contributed by atoms with Crippen LogP contribution in [-0.4, -0.2) is 63.0 Å². The van der Waals surface area contributed by atoms with Crippen LogP contribution in [0.25, 0.3) is 0 Å². The fraction of sp³-hybridized carbons (Fsp3) is 0.917. The second-order valence-corrected chi connectivity index (χ2v) is 4.94. The van der Waals surface area contributed by atoms with E-state index in [1.807, 2.05) is 11.9 Å². The van der Waals surface area contributed by atoms with Crippen LogP contribution in [0.5, 0.6) is 0 Å². The van der Waals surface area contributed by atoms with Gasteiger partial charge in [0.2, 0.25) is 5.91 Å². The number of carbonyl (C=O) groups is 1. The van der Waals surface area contributed by atoms with E-state index in [1.54, 1.807) is 0 Å². The maximum Gasteiger partial charge on any atom is 0.223 e. The molecule has 1 amide bonds. The minimum atomic E-state index is 0. The second-order valence-electron chi connectivity index (χ2n) is 4.94. The Morgan fingerprint density at radius 2 is 1.83 bits per heavy atom. The van der Waals surface area contributed by atoms with Gasteiger partial charge >= 0.3 is 0 Å². The van der Waals surface area contributed by atoms with Crippen molar-refractivity contribution in [2.45, 2.75) is 19.3 Å². The van der Waals surface area contributed by atoms with Gasteiger partial charge in [-0.25, -0.2) is 0 Å². The number of piperidine rings is 1. The van der Waals surface area contributed by atoms with Crippen molar-refractivity contribution in [3.05, 3.63) is 0 Å². The van der Waals surface area contributed by atoms with Gasteiger partial charge in [-0.2, -0.15) is 0 Å². The molecule has 1 rings (SSSR count). The highest BCUT2D eigenvalue weighted by Crippen LogP contribution is 2.18. The van der Waals surface area contributed by atoms with Gasteiger partial charge in [0.25, 0.3) is 0 Å². The monoisotopic (exact) mass is 299 g/mol. The van der Waals surface area contributed by atoms with Crippen molar-refractivity contribution in [1.29, 1.82) is 0 Å². The first-order valence-electron chi connectivity index (χ1n) is 6.20. The van der Waals surface area contributed by atoms with Gasteiger partial charge in [0.05, 0.1) is 0 Å². The molecule has 6 heteroatoms. The SMILES string of the molecule is CNCCC(=O)N1CCC(CN(C)C)CC1.Cl.Cl. The molecule has 1 heterocycles. The molecular weight excluding hydrogens is 273 g/mol. The quantitative estimate of drug-likeness (QED) is 0.830. The van der Waals surface area contributed by atoms with Crippen molar-refractivity contribution < 1.29 is 4.79 Å². The smallest absolute Gasteiger partial charge is 0.223 e. The van der Waals surface area contributed by atoms with Crippen LogP contribution in [0.3, 0.4) is 0 Å². The van der Waals surface area contributed by atoms with Crippen molar-refractivity contribution in [3.8, 4) is 0 Å². The zero-order chi connectivity index (χ0) is 12.0. The van der Waals surface area contributed by atoms with Gasteiger partial charge in [0.1, 0.15) is 0 Å². The van der Waals surface area contributed by atoms with Crippen LogP contribution in [0.4, 0.5) is 0 Å². The molecular formula is C12H27Cl2N3O. The van der Waals surface area contributed by atoms with Crippen LogP contribution in [0.15, 0.2) is 0 Å². The van der Waals surface area contributed by atoms with E-state index < -0.39 is 0 Å². The van der Waals surface area contributed by atoms with Crippen LogP contribution >= 0.6 is 24.8 Å². The molecule has 0 aliphatic carbocycles. The van der Waals surface area contributed by atoms with E-state index in [1.165, 1.54) is 0 Å². The molecule has 0 aromatic heterocycles. The van der Waals surface area contributed by atoms with Crippen LogP contribution in [0.2, 0.25) is 0 Å². The van der Waals surface area contributed by atoms with E-state index in [2.05, 4.69) is 24.3 Å². The van der Waals surface area contributed by atoms with Crippen molar-refractivity contribution in [1.82, 2.24) is 15.1 Å². The van der Waals surface area contributed by atoms with Gasteiger partial charge in [-0.05, 0) is 39.9 Å². The van der Waals surface area contributed by atoms with E-state index in [4.69, 9.17) is 0 Å². The zero-order valence-corrected chi connectivity index (χ0v) is 13.3. The standard InChI is InChI=1S/C12H25N3O.2ClH/c1-13-7-4-12(16)15-8-5-11(6-9-15)10-14(2)3;;/h11,13H,4-10H2,1-3H3;2*1H. The third-order valence-electron chi connectivity index (χ3n) is 3.18. The van der Waals surface area contributed by atoms with Gasteiger partial charge in [-0.1, -0.05) is 0 Å². The molecule has 1 fully saturated rings. The Hall–Kier alpha value is -0.0300. The first-order chi connectivity index (χ1) is 7.63. The normalized spacial score (nSPS) is 16.1. The molecule has 18 heavy (non-hydrogen) atoms. The summed E-state index contributed by atoms with van der Waals surface area (Å²) in [5.74, 6) is 1.07. The van der Waals surface area contributed by atoms with Gasteiger partial charge in [0.15, 0.2) is 0 Å². The maximum atomic E-state index is 11.8. The number of nitrogens with one attached hydrogen (secondary N) is 1. The van der Waals surface area contributed by atoms with Gasteiger partial charge < -0.3 is 15.1 Å². The number of carbonyl (C=O) groups excluding carboxylic acids is 1. The van der Waals surface area contributed by atoms with E-state index >= 15 is 0 Å². The van der Waals surface area contributed by atoms with Gasteiger partial charge in [0, 0.05) is 32.6 Å². The Morgan fingerprint density at radius 1 is 1.28 bits per heavy atom. The van der Waals surface area contributed by atoms with Crippen LogP contribution in [0.1, 0.15) is 19.3 Å². The largest absolute Gasteiger partial charge is 0.343 e. The van der Waals surface area contributed by atoms with Crippen LogP contribution in [-0.2, 0) is 4.79 Å². The lowest BCUT2D eigenvalue weighted by molar-refractivity contribution is -0.132. The molecule has 0 radical (unpaired) electrons. The van der Waals surface area contributed by atoms with Crippen molar-refractivity contribution in [2.75, 3.05) is 47.3 Å². The zero-order valence-electron chi connectivity index (χ0n) is 11.6. The number of likely N-dealkylation sites (tertiary alicyclic amines) is 1. The number of halogens is 2. The summed E-state index contributed by atoms with van der Waals surface area (Å²) in [6, 6.07) is 0. The summed E-state index contributed by atoms with van der Waals surface area (Å²) in [7, 11) is 6.12. The topological polar surface area (TPSA) is 35.6 Å². The van der Waals surface area contributed by atoms with E-state index in [9.17, 15) is 4.79 Å². The molecule has 0 aromatic carbocycles. The number of amides is 1. The number of rotatable bonds is 5. The highest BCUT2D eigenvalue weighted by molar-refractivity contribution is 5.85. The number of hydrogen-bond donors (Lipinski definition) is 1. The Kier molecular flexibility index (Phi) is 12.2. The first-order valence-corrected chi connectivity index (χ1v) is 6.20. The minimum Gasteiger partial charge on any atom is -0.343 e. The summed E-state index contributed by atoms with van der Waals surface area (Å²) in [6.07, 6.45) is 2.95. The molecule has 0 bridgehead atoms. The molecule has 0 spiro atoms. The molecule has 1 N–H and O–H groups in total. The lowest BCUT2D eigenvalue weighted by Crippen LogP contribution is -2.41. The molecule has 0 aromatic rings. The fourth-order valence-corrected chi connectivity index (χ4v) is 2.27. The minimum absolute atomic E-state index is 0. The second kappa shape index (κ2) is 10.9. The Bertz CT molecular complexity index is 219. The predicted molar refractivity (Wildman–Crippen MR) is 80.9 cm³/mol. The average Bonchev–Trinajstić information content (AvgIpc) is 2.26. The molecule has 110 valence electrons. The molecule has 0 atom stereocenters. The van der Waals surface area contributed by atoms with E-state index in [0.29, 0.717) is 12.3 Å². The number of nitrogens with zero attached hydrogens (tertiary/aromatic N) is 2. The third kappa shape index (κ3) is 7.41. The van der Waals surface area contributed by atoms with Gasteiger partial charge in [-0.3, -0.25) is 4.79 Å². The third-order valence-corrected chi connectivity index (χ3v) is 3.18. The fourth-order valence-electron chi connectivity index (χ4n) is 2.27. The summed E-state index contributed by atoms with van der Waals surface area (Å²) < 4.78 is 0. The van der Waals surface area contributed by atoms with Gasteiger partial charge in [-0.15, -0.1) is 24.8 Å². The van der Waals surface area contributed by atoms with E-state index in [0.717, 1.165) is 44.9 Å². The Labute approximate surface area is 123 Å². The van der Waals surface area contributed by atoms with Crippen LogP contribution < -0.4 is 5.32 Å². The first kappa shape index (κ1) is 20.3. The summed E-state index contributed by atoms with van der Waals surface area (Å²) >= 11 is 0. The van der Waals surface area contributed by atoms with Crippen molar-refractivity contribution in [2.24, 2.45) is 5.92 Å². The highest BCUT2D eigenvalue weighted by atomic mass is 35.5. The van der Waals surface area contributed by atoms with E-state index in [-0.39, 0.29) is 24.8 Å². The van der Waals surface area contributed by atoms with Crippen LogP contribution in [0, 0.1) is 5.92 Å². The molecule has 0 saturated carbocycles. The lowest BCUT2D eigenvalue weighted by atomic mass is 9.96. The highest BCUT2D eigenvalue weighted by Gasteiger charge is 2.22. The Morgan fingerprint density at radius 3 is 2.28 bits per heavy atom. The lowest BCUT2D eigenvalue weighted by Gasteiger charge is -2.33. The molecule has 1 aliphatic rings. The molecule has 0 unspecified atom stereocenters.